The molecule has 2 aromatic rings. The Morgan fingerprint density at radius 2 is 1.88 bits per heavy atom. The maximum Gasteiger partial charge on any atom is 0.411 e. The average Bonchev–Trinajstić information content (AvgIpc) is 3.85. The lowest BCUT2D eigenvalue weighted by molar-refractivity contribution is -0.133. The Bertz CT molecular complexity index is 1540. The molecular formula is C29H36N4O9S. The minimum absolute atomic E-state index is 0.00682. The van der Waals surface area contributed by atoms with Crippen LogP contribution in [0.15, 0.2) is 43.1 Å². The number of imide groups is 1. The molecule has 2 heterocycles. The largest absolute Gasteiger partial charge is 0.497 e. The molecule has 0 bridgehead atoms. The number of rotatable bonds is 9. The molecule has 0 spiro atoms. The van der Waals surface area contributed by atoms with Crippen molar-refractivity contribution < 1.29 is 41.2 Å². The standard InChI is InChI=1S/C29H36N4O9S/c1-6-17-14-23(17)33(27(35)31-43(37,38)42-19-7-8-19)26(34)24-15-21(16-32(24)28(36)41-29(2,3)4)40-25-22-10-9-20(39-5)13-18(22)11-12-30-25/h6,9-13,17,19,21,23-24H,1,7-8,14-16H2,2-5H3,(H,31,35). The lowest BCUT2D eigenvalue weighted by Crippen LogP contribution is -2.55. The number of ether oxygens (including phenoxy) is 3. The highest BCUT2D eigenvalue weighted by molar-refractivity contribution is 7.85. The summed E-state index contributed by atoms with van der Waals surface area (Å²) in [6, 6.07) is 4.25. The lowest BCUT2D eigenvalue weighted by Gasteiger charge is -2.30. The van der Waals surface area contributed by atoms with Crippen LogP contribution in [0.25, 0.3) is 10.8 Å². The fourth-order valence-electron chi connectivity index (χ4n) is 5.00. The smallest absolute Gasteiger partial charge is 0.411 e. The number of pyridine rings is 1. The van der Waals surface area contributed by atoms with Gasteiger partial charge >= 0.3 is 22.4 Å². The third kappa shape index (κ3) is 7.19. The number of hydrogen-bond donors (Lipinski definition) is 1. The number of urea groups is 1. The summed E-state index contributed by atoms with van der Waals surface area (Å²) in [6.07, 6.45) is 2.77. The molecule has 3 aliphatic rings. The van der Waals surface area contributed by atoms with Gasteiger partial charge in [0.25, 0.3) is 5.91 Å². The van der Waals surface area contributed by atoms with Crippen LogP contribution in [0.3, 0.4) is 0 Å². The van der Waals surface area contributed by atoms with Gasteiger partial charge in [-0.15, -0.1) is 6.58 Å². The third-order valence-corrected chi connectivity index (χ3v) is 8.23. The average molecular weight is 617 g/mol. The van der Waals surface area contributed by atoms with E-state index in [2.05, 4.69) is 11.6 Å². The number of nitrogens with zero attached hydrogens (tertiary/aromatic N) is 3. The Labute approximate surface area is 250 Å². The second-order valence-corrected chi connectivity index (χ2v) is 13.2. The predicted octanol–water partition coefficient (Wildman–Crippen LogP) is 3.54. The van der Waals surface area contributed by atoms with Crippen molar-refractivity contribution >= 4 is 39.1 Å². The topological polar surface area (TPSA) is 154 Å². The van der Waals surface area contributed by atoms with Crippen molar-refractivity contribution in [1.82, 2.24) is 19.5 Å². The number of carbonyl (C=O) groups is 3. The van der Waals surface area contributed by atoms with Crippen molar-refractivity contribution in [3.63, 3.8) is 0 Å². The van der Waals surface area contributed by atoms with Crippen molar-refractivity contribution in [2.75, 3.05) is 13.7 Å². The van der Waals surface area contributed by atoms with Crippen molar-refractivity contribution in [3.8, 4) is 11.6 Å². The Kier molecular flexibility index (Phi) is 8.27. The molecule has 3 fully saturated rings. The van der Waals surface area contributed by atoms with Gasteiger partial charge in [0.1, 0.15) is 23.5 Å². The molecule has 4 unspecified atom stereocenters. The van der Waals surface area contributed by atoms with Crippen LogP contribution in [0.2, 0.25) is 0 Å². The molecule has 1 saturated heterocycles. The normalized spacial score (nSPS) is 23.4. The molecule has 0 radical (unpaired) electrons. The molecule has 1 aromatic carbocycles. The maximum absolute atomic E-state index is 14.1. The fraction of sp³-hybridized carbons (Fsp3) is 0.517. The van der Waals surface area contributed by atoms with E-state index >= 15 is 0 Å². The van der Waals surface area contributed by atoms with E-state index in [1.807, 2.05) is 16.9 Å². The summed E-state index contributed by atoms with van der Waals surface area (Å²) in [7, 11) is -2.88. The van der Waals surface area contributed by atoms with E-state index in [0.717, 1.165) is 10.3 Å². The number of fused-ring (bicyclic) bond motifs is 1. The monoisotopic (exact) mass is 616 g/mol. The first-order chi connectivity index (χ1) is 20.3. The highest BCUT2D eigenvalue weighted by atomic mass is 32.2. The SMILES string of the molecule is C=CC1CC1N(C(=O)NS(=O)(=O)OC1CC1)C(=O)C1CC(Oc2nccc3cc(OC)ccc23)CN1C(=O)OC(C)(C)C. The van der Waals surface area contributed by atoms with Crippen molar-refractivity contribution in [2.24, 2.45) is 5.92 Å². The zero-order chi connectivity index (χ0) is 31.1. The number of hydrogen-bond acceptors (Lipinski definition) is 10. The van der Waals surface area contributed by atoms with E-state index in [1.54, 1.807) is 52.3 Å². The zero-order valence-electron chi connectivity index (χ0n) is 24.5. The lowest BCUT2D eigenvalue weighted by atomic mass is 10.1. The van der Waals surface area contributed by atoms with Crippen LogP contribution in [0.5, 0.6) is 11.6 Å². The van der Waals surface area contributed by atoms with Crippen LogP contribution in [0.1, 0.15) is 46.5 Å². The van der Waals surface area contributed by atoms with Crippen LogP contribution in [-0.2, 0) is 24.0 Å². The first kappa shape index (κ1) is 30.5. The quantitative estimate of drug-likeness (QED) is 0.414. The van der Waals surface area contributed by atoms with Gasteiger partial charge in [-0.25, -0.2) is 19.3 Å². The highest BCUT2D eigenvalue weighted by Crippen LogP contribution is 2.39. The molecule has 13 nitrogen and oxygen atoms in total. The van der Waals surface area contributed by atoms with Crippen LogP contribution in [0.4, 0.5) is 9.59 Å². The molecule has 4 atom stereocenters. The summed E-state index contributed by atoms with van der Waals surface area (Å²) >= 11 is 0. The van der Waals surface area contributed by atoms with Gasteiger partial charge in [-0.1, -0.05) is 6.08 Å². The summed E-state index contributed by atoms with van der Waals surface area (Å²) in [5.74, 6) is -0.0228. The first-order valence-corrected chi connectivity index (χ1v) is 15.5. The van der Waals surface area contributed by atoms with Crippen LogP contribution in [0, 0.1) is 5.92 Å². The van der Waals surface area contributed by atoms with Gasteiger partial charge in [0, 0.05) is 24.0 Å². The van der Waals surface area contributed by atoms with Gasteiger partial charge in [0.2, 0.25) is 5.88 Å². The molecule has 1 aliphatic heterocycles. The van der Waals surface area contributed by atoms with Crippen molar-refractivity contribution in [2.45, 2.75) is 76.3 Å². The second-order valence-electron chi connectivity index (χ2n) is 11.9. The Morgan fingerprint density at radius 3 is 2.51 bits per heavy atom. The Morgan fingerprint density at radius 1 is 1.14 bits per heavy atom. The number of carbonyl (C=O) groups excluding carboxylic acids is 3. The third-order valence-electron chi connectivity index (χ3n) is 7.28. The molecule has 2 aliphatic carbocycles. The summed E-state index contributed by atoms with van der Waals surface area (Å²) in [5, 5.41) is 1.52. The van der Waals surface area contributed by atoms with Crippen LogP contribution in [-0.4, -0.2) is 84.8 Å². The number of methoxy groups -OCH3 is 1. The molecule has 14 heteroatoms. The van der Waals surface area contributed by atoms with Crippen molar-refractivity contribution in [3.05, 3.63) is 43.1 Å². The number of aromatic nitrogens is 1. The van der Waals surface area contributed by atoms with Gasteiger partial charge in [-0.05, 0) is 75.6 Å². The van der Waals surface area contributed by atoms with Gasteiger partial charge in [-0.3, -0.25) is 18.8 Å². The summed E-state index contributed by atoms with van der Waals surface area (Å²) in [6.45, 7) is 8.80. The fourth-order valence-corrected chi connectivity index (χ4v) is 5.91. The van der Waals surface area contributed by atoms with Gasteiger partial charge in [-0.2, -0.15) is 8.42 Å². The minimum Gasteiger partial charge on any atom is -0.497 e. The number of amides is 4. The molecule has 43 heavy (non-hydrogen) atoms. The van der Waals surface area contributed by atoms with Gasteiger partial charge < -0.3 is 14.2 Å². The molecule has 2 saturated carbocycles. The number of likely N-dealkylation sites (tertiary alicyclic amines) is 1. The van der Waals surface area contributed by atoms with Gasteiger partial charge in [0.15, 0.2) is 0 Å². The van der Waals surface area contributed by atoms with E-state index in [4.69, 9.17) is 18.4 Å². The summed E-state index contributed by atoms with van der Waals surface area (Å²) in [4.78, 5) is 47.1. The van der Waals surface area contributed by atoms with E-state index in [-0.39, 0.29) is 18.9 Å². The number of nitrogens with one attached hydrogen (secondary N) is 1. The maximum atomic E-state index is 14.1. The Balaban J connectivity index is 1.41. The number of benzene rings is 1. The molecule has 4 amide bonds. The van der Waals surface area contributed by atoms with E-state index in [9.17, 15) is 22.8 Å². The predicted molar refractivity (Wildman–Crippen MR) is 155 cm³/mol. The molecule has 232 valence electrons. The second kappa shape index (κ2) is 11.6. The molecule has 1 N–H and O–H groups in total. The van der Waals surface area contributed by atoms with Gasteiger partial charge in [0.05, 0.1) is 19.8 Å². The molecule has 1 aromatic heterocycles. The molecule has 5 rings (SSSR count). The van der Waals surface area contributed by atoms with E-state index in [1.165, 1.54) is 4.90 Å². The van der Waals surface area contributed by atoms with Crippen LogP contribution >= 0.6 is 0 Å². The Hall–Kier alpha value is -3.91. The summed E-state index contributed by atoms with van der Waals surface area (Å²) < 4.78 is 48.8. The van der Waals surface area contributed by atoms with E-state index < -0.39 is 58.2 Å². The van der Waals surface area contributed by atoms with E-state index in [0.29, 0.717) is 36.3 Å². The molecular weight excluding hydrogens is 580 g/mol. The van der Waals surface area contributed by atoms with Crippen molar-refractivity contribution in [1.29, 1.82) is 0 Å². The zero-order valence-corrected chi connectivity index (χ0v) is 25.3. The first-order valence-electron chi connectivity index (χ1n) is 14.1. The van der Waals surface area contributed by atoms with Crippen LogP contribution < -0.4 is 14.2 Å². The minimum atomic E-state index is -4.45. The summed E-state index contributed by atoms with van der Waals surface area (Å²) in [5.41, 5.74) is -0.865. The highest BCUT2D eigenvalue weighted by Gasteiger charge is 2.52.